The normalized spacial score (nSPS) is 10.9. The molecule has 0 fully saturated rings. The summed E-state index contributed by atoms with van der Waals surface area (Å²) in [6, 6.07) is 6.65. The van der Waals surface area contributed by atoms with E-state index in [-0.39, 0.29) is 23.3 Å². The number of carbonyl (C=O) groups excluding carboxylic acids is 1. The number of hydrogen-bond acceptors (Lipinski definition) is 5. The van der Waals surface area contributed by atoms with Gasteiger partial charge in [-0.2, -0.15) is 5.10 Å². The van der Waals surface area contributed by atoms with Crippen molar-refractivity contribution >= 4 is 27.5 Å². The third-order valence-corrected chi connectivity index (χ3v) is 4.34. The Hall–Kier alpha value is -2.74. The molecule has 0 saturated heterocycles. The van der Waals surface area contributed by atoms with Crippen LogP contribution in [0.5, 0.6) is 5.75 Å². The molecular weight excluding hydrogens is 386 g/mol. The monoisotopic (exact) mass is 401 g/mol. The van der Waals surface area contributed by atoms with Gasteiger partial charge in [-0.1, -0.05) is 26.0 Å². The van der Waals surface area contributed by atoms with Crippen LogP contribution in [0.4, 0.5) is 5.69 Å². The van der Waals surface area contributed by atoms with Crippen molar-refractivity contribution in [1.29, 1.82) is 0 Å². The number of benzene rings is 1. The second-order valence-corrected chi connectivity index (χ2v) is 6.55. The standard InChI is InChI=1S/C17H16BrN5O2/c1-9(2)14-13(18)15(23-22-14)17(25)21-11-7-19-16(20-8-11)10-4-3-5-12(24)6-10/h3-9,24H,1-2H3,(H,21,25)(H,22,23). The fraction of sp³-hybridized carbons (Fsp3) is 0.176. The summed E-state index contributed by atoms with van der Waals surface area (Å²) in [5.41, 5.74) is 2.28. The fourth-order valence-electron chi connectivity index (χ4n) is 2.25. The molecule has 0 spiro atoms. The first kappa shape index (κ1) is 17.1. The zero-order valence-corrected chi connectivity index (χ0v) is 15.2. The van der Waals surface area contributed by atoms with Crippen molar-refractivity contribution in [3.8, 4) is 17.1 Å². The van der Waals surface area contributed by atoms with E-state index in [2.05, 4.69) is 41.4 Å². The first-order chi connectivity index (χ1) is 12.0. The van der Waals surface area contributed by atoms with E-state index in [0.29, 0.717) is 21.5 Å². The van der Waals surface area contributed by atoms with Gasteiger partial charge in [0.25, 0.3) is 5.91 Å². The minimum Gasteiger partial charge on any atom is -0.508 e. The Bertz CT molecular complexity index is 906. The molecule has 0 radical (unpaired) electrons. The molecule has 2 aromatic heterocycles. The SMILES string of the molecule is CC(C)c1[nH]nc(C(=O)Nc2cnc(-c3cccc(O)c3)nc2)c1Br. The first-order valence-corrected chi connectivity index (χ1v) is 8.41. The molecule has 3 N–H and O–H groups in total. The van der Waals surface area contributed by atoms with Crippen molar-refractivity contribution in [3.63, 3.8) is 0 Å². The lowest BCUT2D eigenvalue weighted by Crippen LogP contribution is -2.13. The zero-order valence-electron chi connectivity index (χ0n) is 13.6. The number of anilines is 1. The lowest BCUT2D eigenvalue weighted by atomic mass is 10.1. The van der Waals surface area contributed by atoms with Gasteiger partial charge in [0.1, 0.15) is 5.75 Å². The number of aromatic amines is 1. The Balaban J connectivity index is 1.76. The highest BCUT2D eigenvalue weighted by molar-refractivity contribution is 9.10. The summed E-state index contributed by atoms with van der Waals surface area (Å²) < 4.78 is 0.650. The summed E-state index contributed by atoms with van der Waals surface area (Å²) in [7, 11) is 0. The summed E-state index contributed by atoms with van der Waals surface area (Å²) in [5.74, 6) is 0.455. The number of aromatic hydroxyl groups is 1. The number of carbonyl (C=O) groups is 1. The predicted octanol–water partition coefficient (Wildman–Crippen LogP) is 3.71. The molecule has 1 amide bonds. The average molecular weight is 402 g/mol. The van der Waals surface area contributed by atoms with Crippen LogP contribution in [-0.4, -0.2) is 31.2 Å². The van der Waals surface area contributed by atoms with Gasteiger partial charge in [-0.25, -0.2) is 9.97 Å². The number of nitrogens with zero attached hydrogens (tertiary/aromatic N) is 3. The highest BCUT2D eigenvalue weighted by Gasteiger charge is 2.19. The predicted molar refractivity (Wildman–Crippen MR) is 97.5 cm³/mol. The van der Waals surface area contributed by atoms with Crippen molar-refractivity contribution in [2.75, 3.05) is 5.32 Å². The Morgan fingerprint density at radius 3 is 2.60 bits per heavy atom. The lowest BCUT2D eigenvalue weighted by Gasteiger charge is -2.05. The Kier molecular flexibility index (Phi) is 4.80. The number of phenolic OH excluding ortho intramolecular Hbond substituents is 1. The van der Waals surface area contributed by atoms with Crippen LogP contribution in [0.25, 0.3) is 11.4 Å². The van der Waals surface area contributed by atoms with Crippen LogP contribution in [0.3, 0.4) is 0 Å². The van der Waals surface area contributed by atoms with E-state index in [4.69, 9.17) is 0 Å². The molecule has 128 valence electrons. The third-order valence-electron chi connectivity index (χ3n) is 3.54. The molecule has 3 rings (SSSR count). The number of hydrogen-bond donors (Lipinski definition) is 3. The van der Waals surface area contributed by atoms with Crippen LogP contribution in [-0.2, 0) is 0 Å². The number of aromatic nitrogens is 4. The average Bonchev–Trinajstić information content (AvgIpc) is 2.97. The number of nitrogens with one attached hydrogen (secondary N) is 2. The van der Waals surface area contributed by atoms with E-state index in [1.807, 2.05) is 13.8 Å². The molecule has 0 bridgehead atoms. The van der Waals surface area contributed by atoms with Gasteiger partial charge in [0.2, 0.25) is 0 Å². The topological polar surface area (TPSA) is 104 Å². The molecule has 0 aliphatic rings. The Labute approximate surface area is 152 Å². The van der Waals surface area contributed by atoms with E-state index in [1.165, 1.54) is 12.4 Å². The second kappa shape index (κ2) is 7.02. The minimum absolute atomic E-state index is 0.141. The van der Waals surface area contributed by atoms with E-state index >= 15 is 0 Å². The van der Waals surface area contributed by atoms with Crippen molar-refractivity contribution < 1.29 is 9.90 Å². The van der Waals surface area contributed by atoms with Crippen molar-refractivity contribution in [3.05, 3.63) is 52.5 Å². The largest absolute Gasteiger partial charge is 0.508 e. The van der Waals surface area contributed by atoms with Crippen LogP contribution in [0.1, 0.15) is 35.9 Å². The number of H-pyrrole nitrogens is 1. The van der Waals surface area contributed by atoms with Gasteiger partial charge in [0.05, 0.1) is 28.2 Å². The summed E-state index contributed by atoms with van der Waals surface area (Å²) in [5, 5.41) is 19.1. The van der Waals surface area contributed by atoms with Crippen molar-refractivity contribution in [2.24, 2.45) is 0 Å². The molecule has 0 aliphatic carbocycles. The highest BCUT2D eigenvalue weighted by atomic mass is 79.9. The van der Waals surface area contributed by atoms with E-state index in [9.17, 15) is 9.90 Å². The number of amides is 1. The third kappa shape index (κ3) is 3.69. The maximum atomic E-state index is 12.4. The highest BCUT2D eigenvalue weighted by Crippen LogP contribution is 2.26. The molecule has 2 heterocycles. The molecule has 3 aromatic rings. The molecule has 25 heavy (non-hydrogen) atoms. The molecule has 1 aromatic carbocycles. The quantitative estimate of drug-likeness (QED) is 0.617. The molecular formula is C17H16BrN5O2. The van der Waals surface area contributed by atoms with Crippen molar-refractivity contribution in [2.45, 2.75) is 19.8 Å². The van der Waals surface area contributed by atoms with Gasteiger partial charge in [0, 0.05) is 5.56 Å². The molecule has 8 heteroatoms. The molecule has 0 unspecified atom stereocenters. The van der Waals surface area contributed by atoms with Crippen LogP contribution >= 0.6 is 15.9 Å². The molecule has 0 aliphatic heterocycles. The zero-order chi connectivity index (χ0) is 18.0. The second-order valence-electron chi connectivity index (χ2n) is 5.75. The number of rotatable bonds is 4. The number of halogens is 1. The van der Waals surface area contributed by atoms with Gasteiger partial charge < -0.3 is 10.4 Å². The van der Waals surface area contributed by atoms with Crippen LogP contribution in [0.15, 0.2) is 41.1 Å². The molecule has 7 nitrogen and oxygen atoms in total. The summed E-state index contributed by atoms with van der Waals surface area (Å²) in [6.07, 6.45) is 3.02. The Morgan fingerprint density at radius 1 is 1.28 bits per heavy atom. The summed E-state index contributed by atoms with van der Waals surface area (Å²) in [6.45, 7) is 4.02. The van der Waals surface area contributed by atoms with Crippen LogP contribution in [0.2, 0.25) is 0 Å². The van der Waals surface area contributed by atoms with E-state index in [0.717, 1.165) is 5.69 Å². The van der Waals surface area contributed by atoms with Gasteiger partial charge in [0.15, 0.2) is 11.5 Å². The van der Waals surface area contributed by atoms with E-state index in [1.54, 1.807) is 24.3 Å². The number of phenols is 1. The summed E-state index contributed by atoms with van der Waals surface area (Å²) in [4.78, 5) is 20.8. The maximum absolute atomic E-state index is 12.4. The van der Waals surface area contributed by atoms with Crippen molar-refractivity contribution in [1.82, 2.24) is 20.2 Å². The lowest BCUT2D eigenvalue weighted by molar-refractivity contribution is 0.102. The Morgan fingerprint density at radius 2 is 2.00 bits per heavy atom. The molecule has 0 saturated carbocycles. The first-order valence-electron chi connectivity index (χ1n) is 7.62. The van der Waals surface area contributed by atoms with Gasteiger partial charge in [-0.05, 0) is 34.0 Å². The molecule has 0 atom stereocenters. The maximum Gasteiger partial charge on any atom is 0.277 e. The summed E-state index contributed by atoms with van der Waals surface area (Å²) >= 11 is 3.41. The van der Waals surface area contributed by atoms with Gasteiger partial charge >= 0.3 is 0 Å². The van der Waals surface area contributed by atoms with Crippen LogP contribution < -0.4 is 5.32 Å². The smallest absolute Gasteiger partial charge is 0.277 e. The van der Waals surface area contributed by atoms with E-state index < -0.39 is 0 Å². The van der Waals surface area contributed by atoms with Gasteiger partial charge in [-0.15, -0.1) is 0 Å². The minimum atomic E-state index is -0.358. The fourth-order valence-corrected chi connectivity index (χ4v) is 3.07. The van der Waals surface area contributed by atoms with Crippen LogP contribution in [0, 0.1) is 0 Å². The van der Waals surface area contributed by atoms with Gasteiger partial charge in [-0.3, -0.25) is 9.89 Å².